The highest BCUT2D eigenvalue weighted by atomic mass is 32.2. The van der Waals surface area contributed by atoms with Crippen LogP contribution in [0.25, 0.3) is 0 Å². The Morgan fingerprint density at radius 2 is 2.06 bits per heavy atom. The molecule has 0 atom stereocenters. The Kier molecular flexibility index (Phi) is 4.03. The molecule has 90 valence electrons. The van der Waals surface area contributed by atoms with Crippen molar-refractivity contribution in [3.8, 4) is 0 Å². The largest absolute Gasteiger partial charge is 0.416 e. The van der Waals surface area contributed by atoms with E-state index in [4.69, 9.17) is 4.42 Å². The Labute approximate surface area is 105 Å². The average Bonchev–Trinajstić information content (AvgIpc) is 2.73. The third-order valence-electron chi connectivity index (χ3n) is 2.30. The van der Waals surface area contributed by atoms with Crippen LogP contribution in [0, 0.1) is 13.8 Å². The number of thioether (sulfide) groups is 1. The van der Waals surface area contributed by atoms with Crippen LogP contribution in [0.2, 0.25) is 0 Å². The predicted molar refractivity (Wildman–Crippen MR) is 69.4 cm³/mol. The fourth-order valence-corrected chi connectivity index (χ4v) is 2.09. The minimum atomic E-state index is 0.611. The smallest absolute Gasteiger partial charge is 0.276 e. The minimum Gasteiger partial charge on any atom is -0.416 e. The lowest BCUT2D eigenvalue weighted by atomic mass is 10.2. The number of aromatic nitrogens is 2. The average molecular weight is 249 g/mol. The van der Waals surface area contributed by atoms with Gasteiger partial charge in [-0.1, -0.05) is 30.0 Å². The molecule has 4 nitrogen and oxygen atoms in total. The van der Waals surface area contributed by atoms with Gasteiger partial charge in [0.05, 0.1) is 0 Å². The molecule has 2 aromatic rings. The summed E-state index contributed by atoms with van der Waals surface area (Å²) in [6, 6.07) is 8.24. The standard InChI is InChI=1S/C12H15N3OS/c1-9-5-3-4-6-11(9)13-7-8-17-12-15-14-10(2)16-12/h3-6,13H,7-8H2,1-2H3. The zero-order valence-electron chi connectivity index (χ0n) is 9.93. The van der Waals surface area contributed by atoms with Crippen LogP contribution >= 0.6 is 11.8 Å². The molecule has 0 saturated heterocycles. The second kappa shape index (κ2) is 5.72. The van der Waals surface area contributed by atoms with E-state index in [1.54, 1.807) is 18.7 Å². The van der Waals surface area contributed by atoms with Gasteiger partial charge in [-0.25, -0.2) is 0 Å². The third-order valence-corrected chi connectivity index (χ3v) is 3.12. The Morgan fingerprint density at radius 3 is 2.76 bits per heavy atom. The Bertz CT molecular complexity index is 484. The zero-order valence-corrected chi connectivity index (χ0v) is 10.8. The number of hydrogen-bond donors (Lipinski definition) is 1. The number of aryl methyl sites for hydroxylation is 2. The molecule has 0 unspecified atom stereocenters. The molecule has 17 heavy (non-hydrogen) atoms. The molecule has 0 fully saturated rings. The lowest BCUT2D eigenvalue weighted by molar-refractivity contribution is 0.429. The van der Waals surface area contributed by atoms with Gasteiger partial charge in [-0.05, 0) is 18.6 Å². The van der Waals surface area contributed by atoms with Gasteiger partial charge in [-0.2, -0.15) is 0 Å². The molecule has 0 aliphatic carbocycles. The monoisotopic (exact) mass is 249 g/mol. The quantitative estimate of drug-likeness (QED) is 0.652. The molecule has 0 aliphatic rings. The summed E-state index contributed by atoms with van der Waals surface area (Å²) in [5, 5.41) is 11.7. The van der Waals surface area contributed by atoms with Gasteiger partial charge in [0.15, 0.2) is 0 Å². The second-order valence-corrected chi connectivity index (χ2v) is 4.72. The molecule has 0 spiro atoms. The van der Waals surface area contributed by atoms with Crippen LogP contribution in [-0.4, -0.2) is 22.5 Å². The SMILES string of the molecule is Cc1nnc(SCCNc2ccccc2C)o1. The molecule has 1 aromatic heterocycles. The molecule has 1 N–H and O–H groups in total. The molecular formula is C12H15N3OS. The molecule has 0 bridgehead atoms. The van der Waals surface area contributed by atoms with Crippen LogP contribution in [-0.2, 0) is 0 Å². The number of benzene rings is 1. The van der Waals surface area contributed by atoms with Crippen molar-refractivity contribution in [2.45, 2.75) is 19.1 Å². The van der Waals surface area contributed by atoms with E-state index >= 15 is 0 Å². The summed E-state index contributed by atoms with van der Waals surface area (Å²) in [6.07, 6.45) is 0. The van der Waals surface area contributed by atoms with Crippen LogP contribution < -0.4 is 5.32 Å². The Morgan fingerprint density at radius 1 is 1.24 bits per heavy atom. The van der Waals surface area contributed by atoms with E-state index in [9.17, 15) is 0 Å². The van der Waals surface area contributed by atoms with Crippen LogP contribution in [0.15, 0.2) is 33.9 Å². The topological polar surface area (TPSA) is 51.0 Å². The van der Waals surface area contributed by atoms with Crippen LogP contribution in [0.1, 0.15) is 11.5 Å². The first-order chi connectivity index (χ1) is 8.25. The highest BCUT2D eigenvalue weighted by Crippen LogP contribution is 2.16. The highest BCUT2D eigenvalue weighted by Gasteiger charge is 2.02. The normalized spacial score (nSPS) is 10.5. The second-order valence-electron chi connectivity index (χ2n) is 3.68. The van der Waals surface area contributed by atoms with E-state index in [-0.39, 0.29) is 0 Å². The van der Waals surface area contributed by atoms with E-state index in [1.165, 1.54) is 11.3 Å². The number of anilines is 1. The first-order valence-corrected chi connectivity index (χ1v) is 6.46. The lowest BCUT2D eigenvalue weighted by Gasteiger charge is -2.07. The van der Waals surface area contributed by atoms with Gasteiger partial charge in [-0.3, -0.25) is 0 Å². The zero-order chi connectivity index (χ0) is 12.1. The van der Waals surface area contributed by atoms with Gasteiger partial charge >= 0.3 is 0 Å². The van der Waals surface area contributed by atoms with Crippen molar-refractivity contribution in [2.75, 3.05) is 17.6 Å². The van der Waals surface area contributed by atoms with Gasteiger partial charge in [0.2, 0.25) is 5.89 Å². The molecule has 1 aromatic carbocycles. The molecule has 0 aliphatic heterocycles. The van der Waals surface area contributed by atoms with Crippen molar-refractivity contribution in [1.29, 1.82) is 0 Å². The van der Waals surface area contributed by atoms with Crippen LogP contribution in [0.4, 0.5) is 5.69 Å². The van der Waals surface area contributed by atoms with Crippen molar-refractivity contribution in [3.63, 3.8) is 0 Å². The number of rotatable bonds is 5. The minimum absolute atomic E-state index is 0.611. The summed E-state index contributed by atoms with van der Waals surface area (Å²) < 4.78 is 5.27. The summed E-state index contributed by atoms with van der Waals surface area (Å²) in [5.74, 6) is 1.51. The highest BCUT2D eigenvalue weighted by molar-refractivity contribution is 7.99. The maximum absolute atomic E-state index is 5.27. The molecule has 1 heterocycles. The summed E-state index contributed by atoms with van der Waals surface area (Å²) in [6.45, 7) is 4.76. The van der Waals surface area contributed by atoms with Crippen molar-refractivity contribution < 1.29 is 4.42 Å². The molecule has 0 saturated carbocycles. The molecule has 5 heteroatoms. The summed E-state index contributed by atoms with van der Waals surface area (Å²) in [5.41, 5.74) is 2.43. The van der Waals surface area contributed by atoms with Crippen LogP contribution in [0.3, 0.4) is 0 Å². The lowest BCUT2D eigenvalue weighted by Crippen LogP contribution is -2.05. The first-order valence-electron chi connectivity index (χ1n) is 5.48. The molecular weight excluding hydrogens is 234 g/mol. The van der Waals surface area contributed by atoms with Crippen LogP contribution in [0.5, 0.6) is 0 Å². The summed E-state index contributed by atoms with van der Waals surface area (Å²) in [7, 11) is 0. The Hall–Kier alpha value is -1.49. The predicted octanol–water partition coefficient (Wildman–Crippen LogP) is 2.89. The maximum atomic E-state index is 5.27. The molecule has 0 amide bonds. The summed E-state index contributed by atoms with van der Waals surface area (Å²) in [4.78, 5) is 0. The van der Waals surface area contributed by atoms with Gasteiger partial charge in [0, 0.05) is 24.9 Å². The van der Waals surface area contributed by atoms with Crippen molar-refractivity contribution in [1.82, 2.24) is 10.2 Å². The van der Waals surface area contributed by atoms with E-state index < -0.39 is 0 Å². The van der Waals surface area contributed by atoms with E-state index in [0.717, 1.165) is 12.3 Å². The summed E-state index contributed by atoms with van der Waals surface area (Å²) >= 11 is 1.56. The Balaban J connectivity index is 1.75. The third kappa shape index (κ3) is 3.49. The fourth-order valence-electron chi connectivity index (χ4n) is 1.43. The van der Waals surface area contributed by atoms with E-state index in [1.807, 2.05) is 12.1 Å². The number of nitrogens with zero attached hydrogens (tertiary/aromatic N) is 2. The van der Waals surface area contributed by atoms with Gasteiger partial charge in [0.25, 0.3) is 5.22 Å². The van der Waals surface area contributed by atoms with Gasteiger partial charge in [0.1, 0.15) is 0 Å². The van der Waals surface area contributed by atoms with Gasteiger partial charge < -0.3 is 9.73 Å². The van der Waals surface area contributed by atoms with E-state index in [2.05, 4.69) is 34.6 Å². The van der Waals surface area contributed by atoms with Gasteiger partial charge in [-0.15, -0.1) is 10.2 Å². The van der Waals surface area contributed by atoms with Crippen molar-refractivity contribution >= 4 is 17.4 Å². The van der Waals surface area contributed by atoms with E-state index in [0.29, 0.717) is 11.1 Å². The first kappa shape index (κ1) is 12.0. The molecule has 0 radical (unpaired) electrons. The number of nitrogens with one attached hydrogen (secondary N) is 1. The maximum Gasteiger partial charge on any atom is 0.276 e. The fraction of sp³-hybridized carbons (Fsp3) is 0.333. The number of hydrogen-bond acceptors (Lipinski definition) is 5. The van der Waals surface area contributed by atoms with Crippen molar-refractivity contribution in [2.24, 2.45) is 0 Å². The molecule has 2 rings (SSSR count). The van der Waals surface area contributed by atoms with Crippen molar-refractivity contribution in [3.05, 3.63) is 35.7 Å². The number of para-hydroxylation sites is 1.